The molecule has 1 unspecified atom stereocenters. The Hall–Kier alpha value is -0.890. The molecule has 3 rings (SSSR count). The molecule has 0 aliphatic carbocycles. The number of hydrogen-bond acceptors (Lipinski definition) is 2. The molecule has 0 saturated carbocycles. The van der Waals surface area contributed by atoms with Crippen molar-refractivity contribution in [2.45, 2.75) is 37.4 Å². The number of nitrogens with zero attached hydrogens (tertiary/aromatic N) is 2. The van der Waals surface area contributed by atoms with E-state index in [2.05, 4.69) is 42.0 Å². The fourth-order valence-electron chi connectivity index (χ4n) is 3.57. The molecule has 0 amide bonds. The number of anilines is 1. The number of likely N-dealkylation sites (tertiary alicyclic amines) is 1. The third-order valence-corrected chi connectivity index (χ3v) is 4.87. The van der Waals surface area contributed by atoms with Gasteiger partial charge in [0.2, 0.25) is 0 Å². The van der Waals surface area contributed by atoms with Crippen molar-refractivity contribution in [2.24, 2.45) is 0 Å². The molecule has 1 aromatic carbocycles. The highest BCUT2D eigenvalue weighted by Crippen LogP contribution is 2.38. The average Bonchev–Trinajstić information content (AvgIpc) is 2.92. The first-order chi connectivity index (χ1) is 9.51. The van der Waals surface area contributed by atoms with Crippen molar-refractivity contribution in [1.29, 1.82) is 0 Å². The normalized spacial score (nSPS) is 25.1. The van der Waals surface area contributed by atoms with Gasteiger partial charge in [-0.1, -0.05) is 24.3 Å². The molecule has 2 aliphatic heterocycles. The Bertz CT molecular complexity index is 501. The third kappa shape index (κ3) is 2.39. The second-order valence-electron chi connectivity index (χ2n) is 6.40. The van der Waals surface area contributed by atoms with Crippen LogP contribution in [0.3, 0.4) is 0 Å². The molecule has 0 bridgehead atoms. The highest BCUT2D eigenvalue weighted by atomic mass is 15.2. The molecule has 102 valence electrons. The first kappa shape index (κ1) is 14.1. The third-order valence-electron chi connectivity index (χ3n) is 4.87. The molecule has 20 heavy (non-hydrogen) atoms. The number of rotatable bonds is 3. The molecule has 2 nitrogen and oxygen atoms in total. The minimum atomic E-state index is -0.710. The molecule has 1 atom stereocenters. The summed E-state index contributed by atoms with van der Waals surface area (Å²) >= 11 is 0. The van der Waals surface area contributed by atoms with E-state index in [1.807, 2.05) is 0 Å². The van der Waals surface area contributed by atoms with E-state index in [4.69, 9.17) is 15.7 Å². The highest BCUT2D eigenvalue weighted by molar-refractivity contribution is 6.41. The molecule has 1 fully saturated rings. The summed E-state index contributed by atoms with van der Waals surface area (Å²) in [6.45, 7) is 5.15. The van der Waals surface area contributed by atoms with Crippen LogP contribution in [0, 0.1) is 0 Å². The van der Waals surface area contributed by atoms with E-state index in [-0.39, 0.29) is 0 Å². The molecular weight excluding hydrogens is 242 g/mol. The molecule has 4 heteroatoms. The van der Waals surface area contributed by atoms with Crippen molar-refractivity contribution in [1.82, 2.24) is 4.90 Å². The van der Waals surface area contributed by atoms with E-state index < -0.39 is 5.21 Å². The largest absolute Gasteiger partial charge is 0.370 e. The zero-order chi connectivity index (χ0) is 14.3. The van der Waals surface area contributed by atoms with Crippen molar-refractivity contribution in [3.05, 3.63) is 29.3 Å². The average molecular weight is 264 g/mol. The highest BCUT2D eigenvalue weighted by Gasteiger charge is 2.36. The smallest absolute Gasteiger partial charge is 0.0707 e. The zero-order valence-corrected chi connectivity index (χ0v) is 12.6. The summed E-state index contributed by atoms with van der Waals surface area (Å²) in [5.41, 5.74) is 3.69. The monoisotopic (exact) mass is 264 g/mol. The van der Waals surface area contributed by atoms with Crippen LogP contribution in [0.25, 0.3) is 0 Å². The van der Waals surface area contributed by atoms with E-state index >= 15 is 0 Å². The van der Waals surface area contributed by atoms with Crippen LogP contribution in [0.15, 0.2) is 18.2 Å². The zero-order valence-electron chi connectivity index (χ0n) is 12.6. The van der Waals surface area contributed by atoms with E-state index in [0.29, 0.717) is 6.04 Å². The van der Waals surface area contributed by atoms with E-state index in [0.717, 1.165) is 25.1 Å². The first-order valence-corrected chi connectivity index (χ1v) is 7.67. The maximum absolute atomic E-state index is 6.30. The number of hydrogen-bond donors (Lipinski definition) is 0. The van der Waals surface area contributed by atoms with Crippen molar-refractivity contribution < 1.29 is 0 Å². The van der Waals surface area contributed by atoms with Crippen molar-refractivity contribution in [3.63, 3.8) is 0 Å². The van der Waals surface area contributed by atoms with Gasteiger partial charge in [0.15, 0.2) is 0 Å². The Labute approximate surface area is 125 Å². The Morgan fingerprint density at radius 2 is 2.15 bits per heavy atom. The van der Waals surface area contributed by atoms with Crippen LogP contribution < -0.4 is 4.90 Å². The molecular formula is C16H22B2N2. The molecule has 0 N–H and O–H groups in total. The van der Waals surface area contributed by atoms with Crippen LogP contribution in [-0.4, -0.2) is 53.3 Å². The molecule has 2 heterocycles. The molecule has 1 saturated heterocycles. The summed E-state index contributed by atoms with van der Waals surface area (Å²) in [7, 11) is 14.8. The van der Waals surface area contributed by atoms with Gasteiger partial charge in [0.1, 0.15) is 0 Å². The fraction of sp³-hybridized carbons (Fsp3) is 0.625. The minimum Gasteiger partial charge on any atom is -0.370 e. The van der Waals surface area contributed by atoms with Crippen LogP contribution in [0.4, 0.5) is 5.69 Å². The predicted octanol–water partition coefficient (Wildman–Crippen LogP) is 1.65. The lowest BCUT2D eigenvalue weighted by molar-refractivity contribution is 0.312. The number of likely N-dealkylation sites (N-methyl/N-ethyl adjacent to an activating group) is 1. The summed E-state index contributed by atoms with van der Waals surface area (Å²) in [6, 6.07) is 7.17. The fourth-order valence-corrected chi connectivity index (χ4v) is 3.57. The quantitative estimate of drug-likeness (QED) is 0.766. The number of fused-ring (bicyclic) bond motifs is 1. The van der Waals surface area contributed by atoms with Gasteiger partial charge in [0.25, 0.3) is 0 Å². The van der Waals surface area contributed by atoms with Crippen molar-refractivity contribution >= 4 is 21.4 Å². The Morgan fingerprint density at radius 3 is 2.80 bits per heavy atom. The van der Waals surface area contributed by atoms with Gasteiger partial charge < -0.3 is 9.80 Å². The van der Waals surface area contributed by atoms with Gasteiger partial charge in [0.05, 0.1) is 15.7 Å². The minimum absolute atomic E-state index is 0.627. The van der Waals surface area contributed by atoms with Gasteiger partial charge in [0, 0.05) is 24.8 Å². The Kier molecular flexibility index (Phi) is 3.62. The summed E-state index contributed by atoms with van der Waals surface area (Å²) in [6.07, 6.45) is 3.62. The van der Waals surface area contributed by atoms with Crippen LogP contribution >= 0.6 is 0 Å². The lowest BCUT2D eigenvalue weighted by Crippen LogP contribution is -2.41. The van der Waals surface area contributed by atoms with Gasteiger partial charge in [-0.05, 0) is 50.0 Å². The van der Waals surface area contributed by atoms with Gasteiger partial charge >= 0.3 is 0 Å². The molecule has 4 radical (unpaired) electrons. The Morgan fingerprint density at radius 1 is 1.35 bits per heavy atom. The lowest BCUT2D eigenvalue weighted by Gasteiger charge is -2.29. The second-order valence-corrected chi connectivity index (χ2v) is 6.40. The predicted molar refractivity (Wildman–Crippen MR) is 86.9 cm³/mol. The summed E-state index contributed by atoms with van der Waals surface area (Å²) in [5.74, 6) is 0. The van der Waals surface area contributed by atoms with Crippen LogP contribution in [0.2, 0.25) is 0 Å². The summed E-state index contributed by atoms with van der Waals surface area (Å²) in [5, 5.41) is -0.710. The SMILES string of the molecule is [B]C1([B])CN(CC2CCCN2C)c2cc(CC)ccc21. The molecule has 0 spiro atoms. The van der Waals surface area contributed by atoms with Gasteiger partial charge in [-0.3, -0.25) is 0 Å². The lowest BCUT2D eigenvalue weighted by atomic mass is 9.52. The molecule has 1 aromatic rings. The van der Waals surface area contributed by atoms with Crippen LogP contribution in [-0.2, 0) is 11.6 Å². The topological polar surface area (TPSA) is 6.48 Å². The van der Waals surface area contributed by atoms with Crippen LogP contribution in [0.5, 0.6) is 0 Å². The second kappa shape index (κ2) is 5.14. The van der Waals surface area contributed by atoms with Gasteiger partial charge in [-0.2, -0.15) is 0 Å². The maximum atomic E-state index is 6.30. The van der Waals surface area contributed by atoms with Crippen LogP contribution in [0.1, 0.15) is 30.9 Å². The van der Waals surface area contributed by atoms with Gasteiger partial charge in [-0.15, -0.1) is 0 Å². The van der Waals surface area contributed by atoms with Crippen molar-refractivity contribution in [2.75, 3.05) is 31.6 Å². The first-order valence-electron chi connectivity index (χ1n) is 7.67. The molecule has 2 aliphatic rings. The standard InChI is InChI=1S/C16H22B2N2/c1-3-12-6-7-14-15(9-12)20(11-16(14,17)18)10-13-5-4-8-19(13)2/h6-7,9,13H,3-5,8,10-11H2,1-2H3. The van der Waals surface area contributed by atoms with E-state index in [9.17, 15) is 0 Å². The van der Waals surface area contributed by atoms with Crippen molar-refractivity contribution in [3.8, 4) is 0 Å². The Balaban J connectivity index is 1.87. The number of aryl methyl sites for hydroxylation is 1. The number of benzene rings is 1. The van der Waals surface area contributed by atoms with E-state index in [1.54, 1.807) is 0 Å². The maximum Gasteiger partial charge on any atom is 0.0707 e. The molecule has 0 aromatic heterocycles. The summed E-state index contributed by atoms with van der Waals surface area (Å²) in [4.78, 5) is 4.84. The van der Waals surface area contributed by atoms with E-state index in [1.165, 1.54) is 30.6 Å². The summed E-state index contributed by atoms with van der Waals surface area (Å²) < 4.78 is 0. The van der Waals surface area contributed by atoms with Gasteiger partial charge in [-0.25, -0.2) is 0 Å².